The van der Waals surface area contributed by atoms with E-state index in [0.717, 1.165) is 6.07 Å². The van der Waals surface area contributed by atoms with Gasteiger partial charge in [-0.2, -0.15) is 0 Å². The maximum Gasteiger partial charge on any atom is 0.258 e. The van der Waals surface area contributed by atoms with Crippen LogP contribution >= 0.6 is 11.6 Å². The normalized spacial score (nSPS) is 10.1. The van der Waals surface area contributed by atoms with Crippen LogP contribution in [0.15, 0.2) is 41.2 Å². The average Bonchev–Trinajstić information content (AvgIpc) is 2.75. The van der Waals surface area contributed by atoms with Gasteiger partial charge in [-0.25, -0.2) is 4.39 Å². The van der Waals surface area contributed by atoms with Gasteiger partial charge in [0.05, 0.1) is 17.5 Å². The first-order chi connectivity index (χ1) is 7.66. The SMILES string of the molecule is O=C(Nc1ccc(Cl)cc1F)c1ccoc1. The third-order valence-corrected chi connectivity index (χ3v) is 2.20. The van der Waals surface area contributed by atoms with E-state index >= 15 is 0 Å². The fourth-order valence-corrected chi connectivity index (χ4v) is 1.34. The molecule has 1 aromatic heterocycles. The summed E-state index contributed by atoms with van der Waals surface area (Å²) in [6.45, 7) is 0. The molecule has 3 nitrogen and oxygen atoms in total. The number of hydrogen-bond donors (Lipinski definition) is 1. The predicted molar refractivity (Wildman–Crippen MR) is 58.1 cm³/mol. The third kappa shape index (κ3) is 2.23. The van der Waals surface area contributed by atoms with E-state index in [2.05, 4.69) is 5.32 Å². The fourth-order valence-electron chi connectivity index (χ4n) is 1.18. The third-order valence-electron chi connectivity index (χ3n) is 1.96. The summed E-state index contributed by atoms with van der Waals surface area (Å²) in [5.41, 5.74) is 0.407. The fraction of sp³-hybridized carbons (Fsp3) is 0. The number of furan rings is 1. The van der Waals surface area contributed by atoms with Crippen LogP contribution in [0.2, 0.25) is 5.02 Å². The van der Waals surface area contributed by atoms with Crippen molar-refractivity contribution < 1.29 is 13.6 Å². The zero-order valence-electron chi connectivity index (χ0n) is 8.04. The number of hydrogen-bond acceptors (Lipinski definition) is 2. The molecule has 0 saturated carbocycles. The molecular weight excluding hydrogens is 233 g/mol. The molecule has 16 heavy (non-hydrogen) atoms. The highest BCUT2D eigenvalue weighted by atomic mass is 35.5. The Morgan fingerprint density at radius 2 is 2.19 bits per heavy atom. The lowest BCUT2D eigenvalue weighted by Crippen LogP contribution is -2.11. The number of carbonyl (C=O) groups excluding carboxylic acids is 1. The lowest BCUT2D eigenvalue weighted by molar-refractivity contribution is 0.102. The van der Waals surface area contributed by atoms with E-state index in [1.54, 1.807) is 0 Å². The zero-order valence-corrected chi connectivity index (χ0v) is 8.79. The van der Waals surface area contributed by atoms with E-state index < -0.39 is 11.7 Å². The number of rotatable bonds is 2. The van der Waals surface area contributed by atoms with Crippen LogP contribution in [0.1, 0.15) is 10.4 Å². The Bertz CT molecular complexity index is 511. The summed E-state index contributed by atoms with van der Waals surface area (Å²) in [5, 5.41) is 2.68. The van der Waals surface area contributed by atoms with Gasteiger partial charge in [0, 0.05) is 5.02 Å². The van der Waals surface area contributed by atoms with Crippen molar-refractivity contribution in [3.63, 3.8) is 0 Å². The standard InChI is InChI=1S/C11H7ClFNO2/c12-8-1-2-10(9(13)5-8)14-11(15)7-3-4-16-6-7/h1-6H,(H,14,15). The van der Waals surface area contributed by atoms with Crippen LogP contribution in [0.4, 0.5) is 10.1 Å². The monoisotopic (exact) mass is 239 g/mol. The second-order valence-corrected chi connectivity index (χ2v) is 3.53. The Morgan fingerprint density at radius 1 is 1.38 bits per heavy atom. The molecule has 0 atom stereocenters. The molecule has 0 saturated heterocycles. The summed E-state index contributed by atoms with van der Waals surface area (Å²) in [7, 11) is 0. The molecule has 1 aromatic carbocycles. The predicted octanol–water partition coefficient (Wildman–Crippen LogP) is 3.32. The summed E-state index contributed by atoms with van der Waals surface area (Å²) in [5.74, 6) is -1.01. The van der Waals surface area contributed by atoms with Crippen molar-refractivity contribution in [2.24, 2.45) is 0 Å². The molecule has 1 heterocycles. The zero-order chi connectivity index (χ0) is 11.5. The van der Waals surface area contributed by atoms with Crippen LogP contribution in [0.25, 0.3) is 0 Å². The van der Waals surface area contributed by atoms with E-state index in [9.17, 15) is 9.18 Å². The van der Waals surface area contributed by atoms with Crippen LogP contribution in [-0.4, -0.2) is 5.91 Å². The van der Waals surface area contributed by atoms with Crippen molar-refractivity contribution in [1.29, 1.82) is 0 Å². The van der Waals surface area contributed by atoms with Crippen molar-refractivity contribution in [2.75, 3.05) is 5.32 Å². The van der Waals surface area contributed by atoms with Crippen LogP contribution in [0, 0.1) is 5.82 Å². The molecule has 1 N–H and O–H groups in total. The van der Waals surface area contributed by atoms with Crippen molar-refractivity contribution in [1.82, 2.24) is 0 Å². The minimum Gasteiger partial charge on any atom is -0.472 e. The van der Waals surface area contributed by atoms with Crippen molar-refractivity contribution >= 4 is 23.2 Å². The van der Waals surface area contributed by atoms with E-state index in [-0.39, 0.29) is 10.7 Å². The molecule has 1 amide bonds. The molecule has 0 radical (unpaired) electrons. The molecule has 2 rings (SSSR count). The maximum absolute atomic E-state index is 13.3. The molecule has 0 bridgehead atoms. The van der Waals surface area contributed by atoms with Crippen molar-refractivity contribution in [2.45, 2.75) is 0 Å². The Balaban J connectivity index is 2.18. The second kappa shape index (κ2) is 4.37. The molecular formula is C11H7ClFNO2. The van der Waals surface area contributed by atoms with Gasteiger partial charge in [0.1, 0.15) is 12.1 Å². The highest BCUT2D eigenvalue weighted by Gasteiger charge is 2.10. The summed E-state index contributed by atoms with van der Waals surface area (Å²) < 4.78 is 18.1. The molecule has 82 valence electrons. The van der Waals surface area contributed by atoms with Crippen LogP contribution in [0.5, 0.6) is 0 Å². The largest absolute Gasteiger partial charge is 0.472 e. The molecule has 0 unspecified atom stereocenters. The van der Waals surface area contributed by atoms with Gasteiger partial charge in [0.25, 0.3) is 5.91 Å². The number of anilines is 1. The van der Waals surface area contributed by atoms with Crippen molar-refractivity contribution in [3.05, 3.63) is 53.2 Å². The molecule has 2 aromatic rings. The minimum absolute atomic E-state index is 0.0793. The highest BCUT2D eigenvalue weighted by molar-refractivity contribution is 6.30. The maximum atomic E-state index is 13.3. The highest BCUT2D eigenvalue weighted by Crippen LogP contribution is 2.19. The van der Waals surface area contributed by atoms with Gasteiger partial charge in [-0.15, -0.1) is 0 Å². The topological polar surface area (TPSA) is 42.2 Å². The van der Waals surface area contributed by atoms with E-state index in [4.69, 9.17) is 16.0 Å². The Hall–Kier alpha value is -1.81. The minimum atomic E-state index is -0.579. The molecule has 5 heteroatoms. The van der Waals surface area contributed by atoms with Gasteiger partial charge in [-0.05, 0) is 24.3 Å². The molecule has 0 spiro atoms. The molecule has 0 aliphatic carbocycles. The molecule has 0 aliphatic heterocycles. The first-order valence-corrected chi connectivity index (χ1v) is 4.83. The lowest BCUT2D eigenvalue weighted by Gasteiger charge is -2.04. The van der Waals surface area contributed by atoms with Gasteiger partial charge in [-0.3, -0.25) is 4.79 Å². The molecule has 0 aliphatic rings. The molecule has 0 fully saturated rings. The van der Waals surface area contributed by atoms with E-state index in [0.29, 0.717) is 5.56 Å². The Kier molecular flexibility index (Phi) is 2.92. The number of benzene rings is 1. The van der Waals surface area contributed by atoms with Gasteiger partial charge in [0.15, 0.2) is 0 Å². The van der Waals surface area contributed by atoms with Gasteiger partial charge in [0.2, 0.25) is 0 Å². The van der Waals surface area contributed by atoms with Gasteiger partial charge < -0.3 is 9.73 Å². The Morgan fingerprint density at radius 3 is 2.81 bits per heavy atom. The Labute approximate surface area is 95.8 Å². The van der Waals surface area contributed by atoms with Crippen LogP contribution in [-0.2, 0) is 0 Å². The van der Waals surface area contributed by atoms with Gasteiger partial charge in [-0.1, -0.05) is 11.6 Å². The second-order valence-electron chi connectivity index (χ2n) is 3.09. The average molecular weight is 240 g/mol. The first-order valence-electron chi connectivity index (χ1n) is 4.45. The van der Waals surface area contributed by atoms with Crippen LogP contribution < -0.4 is 5.32 Å². The summed E-state index contributed by atoms with van der Waals surface area (Å²) in [6, 6.07) is 5.51. The number of carbonyl (C=O) groups is 1. The van der Waals surface area contributed by atoms with Crippen molar-refractivity contribution in [3.8, 4) is 0 Å². The van der Waals surface area contributed by atoms with Crippen LogP contribution in [0.3, 0.4) is 0 Å². The number of nitrogens with one attached hydrogen (secondary N) is 1. The van der Waals surface area contributed by atoms with E-state index in [1.807, 2.05) is 0 Å². The smallest absolute Gasteiger partial charge is 0.258 e. The first kappa shape index (κ1) is 10.7. The lowest BCUT2D eigenvalue weighted by atomic mass is 10.2. The van der Waals surface area contributed by atoms with Gasteiger partial charge >= 0.3 is 0 Å². The summed E-state index contributed by atoms with van der Waals surface area (Å²) in [6.07, 6.45) is 2.65. The number of halogens is 2. The number of amides is 1. The van der Waals surface area contributed by atoms with E-state index in [1.165, 1.54) is 30.7 Å². The quantitative estimate of drug-likeness (QED) is 0.874. The summed E-state index contributed by atoms with van der Waals surface area (Å²) >= 11 is 5.59. The summed E-state index contributed by atoms with van der Waals surface area (Å²) in [4.78, 5) is 11.5.